The van der Waals surface area contributed by atoms with Crippen LogP contribution in [0.5, 0.6) is 0 Å². The molecule has 3 nitrogen and oxygen atoms in total. The van der Waals surface area contributed by atoms with Crippen molar-refractivity contribution < 1.29 is 0 Å². The van der Waals surface area contributed by atoms with Gasteiger partial charge >= 0.3 is 0 Å². The molecule has 1 fully saturated rings. The molecule has 0 aliphatic heterocycles. The van der Waals surface area contributed by atoms with E-state index in [0.717, 1.165) is 12.5 Å². The molecule has 0 radical (unpaired) electrons. The Hall–Kier alpha value is -0.830. The predicted octanol–water partition coefficient (Wildman–Crippen LogP) is 2.44. The SMILES string of the molecule is CC(Cn1ccnc1)NC(C)C1CCCC1. The van der Waals surface area contributed by atoms with E-state index < -0.39 is 0 Å². The molecule has 0 bridgehead atoms. The number of nitrogens with one attached hydrogen (secondary N) is 1. The molecule has 2 rings (SSSR count). The van der Waals surface area contributed by atoms with Crippen LogP contribution >= 0.6 is 0 Å². The van der Waals surface area contributed by atoms with Gasteiger partial charge in [-0.1, -0.05) is 12.8 Å². The van der Waals surface area contributed by atoms with Crippen molar-refractivity contribution in [2.75, 3.05) is 0 Å². The molecular formula is C13H23N3. The van der Waals surface area contributed by atoms with E-state index in [0.29, 0.717) is 12.1 Å². The van der Waals surface area contributed by atoms with Crippen LogP contribution in [-0.4, -0.2) is 21.6 Å². The van der Waals surface area contributed by atoms with Crippen molar-refractivity contribution in [1.29, 1.82) is 0 Å². The van der Waals surface area contributed by atoms with E-state index in [4.69, 9.17) is 0 Å². The molecule has 16 heavy (non-hydrogen) atoms. The maximum absolute atomic E-state index is 4.07. The molecule has 0 spiro atoms. The molecule has 1 aliphatic rings. The average molecular weight is 221 g/mol. The standard InChI is InChI=1S/C13H23N3/c1-11(9-16-8-7-14-10-16)15-12(2)13-5-3-4-6-13/h7-8,10-13,15H,3-6,9H2,1-2H3. The van der Waals surface area contributed by atoms with E-state index in [9.17, 15) is 0 Å². The number of aromatic nitrogens is 2. The predicted molar refractivity (Wildman–Crippen MR) is 66.2 cm³/mol. The first kappa shape index (κ1) is 11.6. The van der Waals surface area contributed by atoms with E-state index in [1.54, 1.807) is 0 Å². The molecule has 0 saturated heterocycles. The number of imidazole rings is 1. The summed E-state index contributed by atoms with van der Waals surface area (Å²) in [6, 6.07) is 1.17. The Labute approximate surface area is 98.3 Å². The fourth-order valence-electron chi connectivity index (χ4n) is 2.81. The minimum atomic E-state index is 0.518. The van der Waals surface area contributed by atoms with Crippen LogP contribution in [0.3, 0.4) is 0 Å². The van der Waals surface area contributed by atoms with Crippen LogP contribution in [0.15, 0.2) is 18.7 Å². The highest BCUT2D eigenvalue weighted by atomic mass is 15.1. The number of hydrogen-bond acceptors (Lipinski definition) is 2. The lowest BCUT2D eigenvalue weighted by atomic mass is 9.99. The Morgan fingerprint density at radius 3 is 2.75 bits per heavy atom. The highest BCUT2D eigenvalue weighted by Gasteiger charge is 2.22. The van der Waals surface area contributed by atoms with E-state index >= 15 is 0 Å². The van der Waals surface area contributed by atoms with Gasteiger partial charge in [-0.3, -0.25) is 0 Å². The molecule has 0 aromatic carbocycles. The zero-order valence-electron chi connectivity index (χ0n) is 10.4. The van der Waals surface area contributed by atoms with E-state index in [-0.39, 0.29) is 0 Å². The molecule has 1 heterocycles. The summed E-state index contributed by atoms with van der Waals surface area (Å²) in [7, 11) is 0. The Kier molecular flexibility index (Phi) is 3.99. The Balaban J connectivity index is 1.75. The van der Waals surface area contributed by atoms with Gasteiger partial charge in [0.15, 0.2) is 0 Å². The molecule has 1 saturated carbocycles. The Morgan fingerprint density at radius 1 is 1.38 bits per heavy atom. The highest BCUT2D eigenvalue weighted by molar-refractivity contribution is 4.81. The van der Waals surface area contributed by atoms with Crippen LogP contribution in [0.2, 0.25) is 0 Å². The largest absolute Gasteiger partial charge is 0.336 e. The first-order valence-corrected chi connectivity index (χ1v) is 6.47. The van der Waals surface area contributed by atoms with Crippen LogP contribution in [0.4, 0.5) is 0 Å². The van der Waals surface area contributed by atoms with Crippen LogP contribution in [0.25, 0.3) is 0 Å². The summed E-state index contributed by atoms with van der Waals surface area (Å²) in [6.07, 6.45) is 11.4. The maximum Gasteiger partial charge on any atom is 0.0946 e. The van der Waals surface area contributed by atoms with Crippen LogP contribution in [0.1, 0.15) is 39.5 Å². The molecule has 90 valence electrons. The van der Waals surface area contributed by atoms with Gasteiger partial charge in [0.1, 0.15) is 0 Å². The van der Waals surface area contributed by atoms with Gasteiger partial charge in [0, 0.05) is 31.0 Å². The monoisotopic (exact) mass is 221 g/mol. The summed E-state index contributed by atoms with van der Waals surface area (Å²) < 4.78 is 2.14. The molecule has 1 aromatic rings. The van der Waals surface area contributed by atoms with Crippen molar-refractivity contribution in [3.05, 3.63) is 18.7 Å². The lowest BCUT2D eigenvalue weighted by Crippen LogP contribution is -2.40. The first-order valence-electron chi connectivity index (χ1n) is 6.47. The second-order valence-electron chi connectivity index (χ2n) is 5.16. The molecule has 0 amide bonds. The van der Waals surface area contributed by atoms with E-state index in [2.05, 4.69) is 28.7 Å². The van der Waals surface area contributed by atoms with Crippen LogP contribution in [0, 0.1) is 5.92 Å². The maximum atomic E-state index is 4.07. The van der Waals surface area contributed by atoms with Gasteiger partial charge in [0.25, 0.3) is 0 Å². The Morgan fingerprint density at radius 2 is 2.12 bits per heavy atom. The summed E-state index contributed by atoms with van der Waals surface area (Å²) in [5, 5.41) is 3.71. The van der Waals surface area contributed by atoms with Gasteiger partial charge in [-0.15, -0.1) is 0 Å². The summed E-state index contributed by atoms with van der Waals surface area (Å²) in [5.41, 5.74) is 0. The van der Waals surface area contributed by atoms with Gasteiger partial charge in [-0.25, -0.2) is 4.98 Å². The quantitative estimate of drug-likeness (QED) is 0.827. The molecule has 1 aliphatic carbocycles. The number of hydrogen-bond donors (Lipinski definition) is 1. The number of nitrogens with zero attached hydrogens (tertiary/aromatic N) is 2. The normalized spacial score (nSPS) is 21.1. The molecule has 3 heteroatoms. The van der Waals surface area contributed by atoms with Crippen molar-refractivity contribution in [2.24, 2.45) is 5.92 Å². The van der Waals surface area contributed by atoms with Crippen molar-refractivity contribution in [3.63, 3.8) is 0 Å². The second kappa shape index (κ2) is 5.48. The van der Waals surface area contributed by atoms with Crippen molar-refractivity contribution >= 4 is 0 Å². The van der Waals surface area contributed by atoms with Crippen LogP contribution in [-0.2, 0) is 6.54 Å². The van der Waals surface area contributed by atoms with Crippen molar-refractivity contribution in [1.82, 2.24) is 14.9 Å². The third-order valence-corrected chi connectivity index (χ3v) is 3.70. The lowest BCUT2D eigenvalue weighted by molar-refractivity contribution is 0.332. The lowest BCUT2D eigenvalue weighted by Gasteiger charge is -2.25. The molecule has 1 aromatic heterocycles. The molecular weight excluding hydrogens is 198 g/mol. The fraction of sp³-hybridized carbons (Fsp3) is 0.769. The highest BCUT2D eigenvalue weighted by Crippen LogP contribution is 2.27. The zero-order valence-corrected chi connectivity index (χ0v) is 10.4. The third-order valence-electron chi connectivity index (χ3n) is 3.70. The van der Waals surface area contributed by atoms with Crippen molar-refractivity contribution in [2.45, 2.75) is 58.2 Å². The summed E-state index contributed by atoms with van der Waals surface area (Å²) in [6.45, 7) is 5.60. The number of rotatable bonds is 5. The smallest absolute Gasteiger partial charge is 0.0946 e. The third kappa shape index (κ3) is 3.08. The second-order valence-corrected chi connectivity index (χ2v) is 5.16. The van der Waals surface area contributed by atoms with Gasteiger partial charge in [-0.05, 0) is 32.6 Å². The fourth-order valence-corrected chi connectivity index (χ4v) is 2.81. The van der Waals surface area contributed by atoms with Gasteiger partial charge in [0.05, 0.1) is 6.33 Å². The zero-order chi connectivity index (χ0) is 11.4. The Bertz CT molecular complexity index is 288. The minimum Gasteiger partial charge on any atom is -0.336 e. The summed E-state index contributed by atoms with van der Waals surface area (Å²) in [5.74, 6) is 0.894. The van der Waals surface area contributed by atoms with Crippen molar-refractivity contribution in [3.8, 4) is 0 Å². The van der Waals surface area contributed by atoms with Gasteiger partial charge in [0.2, 0.25) is 0 Å². The summed E-state index contributed by atoms with van der Waals surface area (Å²) >= 11 is 0. The van der Waals surface area contributed by atoms with Gasteiger partial charge < -0.3 is 9.88 Å². The molecule has 2 unspecified atom stereocenters. The summed E-state index contributed by atoms with van der Waals surface area (Å²) in [4.78, 5) is 4.07. The first-order chi connectivity index (χ1) is 7.75. The average Bonchev–Trinajstić information content (AvgIpc) is 2.88. The topological polar surface area (TPSA) is 29.9 Å². The van der Waals surface area contributed by atoms with Gasteiger partial charge in [-0.2, -0.15) is 0 Å². The van der Waals surface area contributed by atoms with E-state index in [1.165, 1.54) is 25.7 Å². The minimum absolute atomic E-state index is 0.518. The molecule has 1 N–H and O–H groups in total. The van der Waals surface area contributed by atoms with E-state index in [1.807, 2.05) is 18.7 Å². The molecule has 2 atom stereocenters. The van der Waals surface area contributed by atoms with Crippen LogP contribution < -0.4 is 5.32 Å².